The lowest BCUT2D eigenvalue weighted by Crippen LogP contribution is -2.25. The number of nitrogens with zero attached hydrogens (tertiary/aromatic N) is 3. The summed E-state index contributed by atoms with van der Waals surface area (Å²) in [4.78, 5) is 22.9. The fourth-order valence-corrected chi connectivity index (χ4v) is 2.64. The maximum Gasteiger partial charge on any atom is 0.271 e. The van der Waals surface area contributed by atoms with Crippen molar-refractivity contribution in [3.8, 4) is 0 Å². The minimum Gasteiger partial charge on any atom is -0.355 e. The van der Waals surface area contributed by atoms with E-state index in [2.05, 4.69) is 26.3 Å². The van der Waals surface area contributed by atoms with Gasteiger partial charge in [0.1, 0.15) is 11.5 Å². The van der Waals surface area contributed by atoms with Gasteiger partial charge in [-0.05, 0) is 25.3 Å². The predicted molar refractivity (Wildman–Crippen MR) is 85.8 cm³/mol. The molecule has 0 atom stereocenters. The van der Waals surface area contributed by atoms with Crippen LogP contribution < -0.4 is 10.2 Å². The molecule has 1 aliphatic rings. The van der Waals surface area contributed by atoms with Gasteiger partial charge < -0.3 is 10.2 Å². The molecular formula is C17H20N4O. The average molecular weight is 296 g/mol. The van der Waals surface area contributed by atoms with Crippen LogP contribution in [0.25, 0.3) is 0 Å². The average Bonchev–Trinajstić information content (AvgIpc) is 3.07. The lowest BCUT2D eigenvalue weighted by atomic mass is 10.1. The second-order valence-corrected chi connectivity index (χ2v) is 5.63. The SMILES string of the molecule is Cc1cccc(CNC(=O)c2cnc(N3CCCC3)cn2)c1. The van der Waals surface area contributed by atoms with Gasteiger partial charge in [0.15, 0.2) is 0 Å². The molecule has 114 valence electrons. The smallest absolute Gasteiger partial charge is 0.271 e. The quantitative estimate of drug-likeness (QED) is 0.940. The van der Waals surface area contributed by atoms with Gasteiger partial charge in [0.05, 0.1) is 12.4 Å². The molecule has 1 aliphatic heterocycles. The second-order valence-electron chi connectivity index (χ2n) is 5.63. The number of aryl methyl sites for hydroxylation is 1. The number of hydrogen-bond donors (Lipinski definition) is 1. The van der Waals surface area contributed by atoms with Gasteiger partial charge >= 0.3 is 0 Å². The third-order valence-corrected chi connectivity index (χ3v) is 3.84. The number of rotatable bonds is 4. The van der Waals surface area contributed by atoms with Gasteiger partial charge in [-0.1, -0.05) is 29.8 Å². The van der Waals surface area contributed by atoms with Crippen molar-refractivity contribution in [3.63, 3.8) is 0 Å². The predicted octanol–water partition coefficient (Wildman–Crippen LogP) is 2.32. The minimum atomic E-state index is -0.193. The van der Waals surface area contributed by atoms with Crippen LogP contribution in [0.15, 0.2) is 36.7 Å². The number of anilines is 1. The summed E-state index contributed by atoms with van der Waals surface area (Å²) in [7, 11) is 0. The molecule has 0 aliphatic carbocycles. The summed E-state index contributed by atoms with van der Waals surface area (Å²) < 4.78 is 0. The van der Waals surface area contributed by atoms with Crippen molar-refractivity contribution in [1.82, 2.24) is 15.3 Å². The molecule has 2 aromatic rings. The Kier molecular flexibility index (Phi) is 4.32. The zero-order valence-corrected chi connectivity index (χ0v) is 12.7. The third-order valence-electron chi connectivity index (χ3n) is 3.84. The van der Waals surface area contributed by atoms with E-state index in [1.165, 1.54) is 18.4 Å². The molecule has 0 unspecified atom stereocenters. The molecule has 0 radical (unpaired) electrons. The van der Waals surface area contributed by atoms with E-state index in [1.54, 1.807) is 12.4 Å². The largest absolute Gasteiger partial charge is 0.355 e. The zero-order valence-electron chi connectivity index (χ0n) is 12.7. The first-order valence-electron chi connectivity index (χ1n) is 7.63. The van der Waals surface area contributed by atoms with Gasteiger partial charge in [-0.15, -0.1) is 0 Å². The Morgan fingerprint density at radius 2 is 2.05 bits per heavy atom. The standard InChI is InChI=1S/C17H20N4O/c1-13-5-4-6-14(9-13)10-20-17(22)15-11-19-16(12-18-15)21-7-2-3-8-21/h4-6,9,11-12H,2-3,7-8,10H2,1H3,(H,20,22). The topological polar surface area (TPSA) is 58.1 Å². The van der Waals surface area contributed by atoms with E-state index >= 15 is 0 Å². The first kappa shape index (κ1) is 14.5. The molecule has 0 bridgehead atoms. The van der Waals surface area contributed by atoms with Gasteiger partial charge in [-0.2, -0.15) is 0 Å². The highest BCUT2D eigenvalue weighted by molar-refractivity contribution is 5.91. The van der Waals surface area contributed by atoms with Crippen molar-refractivity contribution >= 4 is 11.7 Å². The Morgan fingerprint density at radius 1 is 1.23 bits per heavy atom. The number of aromatic nitrogens is 2. The molecule has 0 saturated carbocycles. The fourth-order valence-electron chi connectivity index (χ4n) is 2.64. The maximum absolute atomic E-state index is 12.1. The van der Waals surface area contributed by atoms with Crippen LogP contribution in [0.2, 0.25) is 0 Å². The van der Waals surface area contributed by atoms with Crippen molar-refractivity contribution in [2.75, 3.05) is 18.0 Å². The van der Waals surface area contributed by atoms with Gasteiger partial charge in [0.2, 0.25) is 0 Å². The van der Waals surface area contributed by atoms with Gasteiger partial charge in [-0.3, -0.25) is 4.79 Å². The molecule has 0 spiro atoms. The van der Waals surface area contributed by atoms with Crippen LogP contribution in [0.5, 0.6) is 0 Å². The summed E-state index contributed by atoms with van der Waals surface area (Å²) in [5.74, 6) is 0.662. The van der Waals surface area contributed by atoms with Crippen LogP contribution in [0.1, 0.15) is 34.5 Å². The molecule has 1 aromatic heterocycles. The normalized spacial score (nSPS) is 14.1. The van der Waals surface area contributed by atoms with Crippen LogP contribution in [-0.4, -0.2) is 29.0 Å². The zero-order chi connectivity index (χ0) is 15.4. The highest BCUT2D eigenvalue weighted by atomic mass is 16.1. The van der Waals surface area contributed by atoms with Crippen molar-refractivity contribution < 1.29 is 4.79 Å². The number of hydrogen-bond acceptors (Lipinski definition) is 4. The Bertz CT molecular complexity index is 648. The molecule has 22 heavy (non-hydrogen) atoms. The van der Waals surface area contributed by atoms with Crippen molar-refractivity contribution in [2.24, 2.45) is 0 Å². The molecule has 1 N–H and O–H groups in total. The molecule has 3 rings (SSSR count). The van der Waals surface area contributed by atoms with E-state index in [0.717, 1.165) is 24.5 Å². The first-order valence-corrected chi connectivity index (χ1v) is 7.63. The summed E-state index contributed by atoms with van der Waals surface area (Å²) in [5.41, 5.74) is 2.62. The summed E-state index contributed by atoms with van der Waals surface area (Å²) >= 11 is 0. The number of carbonyl (C=O) groups excluding carboxylic acids is 1. The first-order chi connectivity index (χ1) is 10.7. The van der Waals surface area contributed by atoms with E-state index in [4.69, 9.17) is 0 Å². The highest BCUT2D eigenvalue weighted by Crippen LogP contribution is 2.16. The Balaban J connectivity index is 1.60. The Morgan fingerprint density at radius 3 is 2.73 bits per heavy atom. The van der Waals surface area contributed by atoms with Crippen LogP contribution in [0.3, 0.4) is 0 Å². The fraction of sp³-hybridized carbons (Fsp3) is 0.353. The summed E-state index contributed by atoms with van der Waals surface area (Å²) in [6.07, 6.45) is 5.63. The van der Waals surface area contributed by atoms with E-state index in [-0.39, 0.29) is 5.91 Å². The summed E-state index contributed by atoms with van der Waals surface area (Å²) in [6.45, 7) is 4.57. The van der Waals surface area contributed by atoms with Gasteiger partial charge in [0, 0.05) is 19.6 Å². The van der Waals surface area contributed by atoms with E-state index in [1.807, 2.05) is 25.1 Å². The van der Waals surface area contributed by atoms with Crippen molar-refractivity contribution in [2.45, 2.75) is 26.3 Å². The molecule has 1 aromatic carbocycles. The van der Waals surface area contributed by atoms with E-state index in [0.29, 0.717) is 12.2 Å². The second kappa shape index (κ2) is 6.56. The summed E-state index contributed by atoms with van der Waals surface area (Å²) in [6, 6.07) is 8.08. The van der Waals surface area contributed by atoms with Gasteiger partial charge in [0.25, 0.3) is 5.91 Å². The third kappa shape index (κ3) is 3.42. The molecule has 1 fully saturated rings. The van der Waals surface area contributed by atoms with Crippen LogP contribution >= 0.6 is 0 Å². The van der Waals surface area contributed by atoms with E-state index < -0.39 is 0 Å². The van der Waals surface area contributed by atoms with Crippen LogP contribution in [-0.2, 0) is 6.54 Å². The lowest BCUT2D eigenvalue weighted by Gasteiger charge is -2.15. The molecule has 5 heteroatoms. The number of nitrogens with one attached hydrogen (secondary N) is 1. The minimum absolute atomic E-state index is 0.193. The van der Waals surface area contributed by atoms with Crippen molar-refractivity contribution in [1.29, 1.82) is 0 Å². The van der Waals surface area contributed by atoms with Crippen LogP contribution in [0, 0.1) is 6.92 Å². The van der Waals surface area contributed by atoms with Crippen molar-refractivity contribution in [3.05, 3.63) is 53.5 Å². The number of benzene rings is 1. The maximum atomic E-state index is 12.1. The summed E-state index contributed by atoms with van der Waals surface area (Å²) in [5, 5.41) is 2.88. The van der Waals surface area contributed by atoms with Gasteiger partial charge in [-0.25, -0.2) is 9.97 Å². The highest BCUT2D eigenvalue weighted by Gasteiger charge is 2.15. The molecular weight excluding hydrogens is 276 g/mol. The Labute approximate surface area is 130 Å². The lowest BCUT2D eigenvalue weighted by molar-refractivity contribution is 0.0945. The Hall–Kier alpha value is -2.43. The van der Waals surface area contributed by atoms with E-state index in [9.17, 15) is 4.79 Å². The molecule has 1 amide bonds. The number of carbonyl (C=O) groups is 1. The molecule has 5 nitrogen and oxygen atoms in total. The molecule has 2 heterocycles. The number of amides is 1. The monoisotopic (exact) mass is 296 g/mol. The molecule has 1 saturated heterocycles. The van der Waals surface area contributed by atoms with Crippen LogP contribution in [0.4, 0.5) is 5.82 Å².